The Bertz CT molecular complexity index is 562. The van der Waals surface area contributed by atoms with Crippen molar-refractivity contribution in [2.45, 2.75) is 39.7 Å². The Morgan fingerprint density at radius 1 is 1.33 bits per heavy atom. The Balaban J connectivity index is 1.93. The average Bonchev–Trinajstić information content (AvgIpc) is 2.59. The molecule has 1 amide bonds. The smallest absolute Gasteiger partial charge is 0.220 e. The van der Waals surface area contributed by atoms with Crippen LogP contribution < -0.4 is 10.6 Å². The van der Waals surface area contributed by atoms with Crippen LogP contribution in [0.2, 0.25) is 0 Å². The molecule has 1 fully saturated rings. The number of hydrogen-bond donors (Lipinski definition) is 2. The largest absolute Gasteiger partial charge is 0.359 e. The summed E-state index contributed by atoms with van der Waals surface area (Å²) >= 11 is 0. The van der Waals surface area contributed by atoms with Crippen molar-refractivity contribution in [1.29, 1.82) is 0 Å². The lowest BCUT2D eigenvalue weighted by Crippen LogP contribution is -2.46. The lowest BCUT2D eigenvalue weighted by Gasteiger charge is -2.34. The first-order chi connectivity index (χ1) is 11.6. The van der Waals surface area contributed by atoms with Gasteiger partial charge < -0.3 is 15.5 Å². The van der Waals surface area contributed by atoms with Gasteiger partial charge in [-0.2, -0.15) is 0 Å². The first-order valence-corrected chi connectivity index (χ1v) is 8.91. The van der Waals surface area contributed by atoms with Gasteiger partial charge in [-0.05, 0) is 38.2 Å². The van der Waals surface area contributed by atoms with Crippen LogP contribution in [0.3, 0.4) is 0 Å². The highest BCUT2D eigenvalue weighted by Gasteiger charge is 2.22. The Morgan fingerprint density at radius 2 is 2.08 bits per heavy atom. The number of carbonyl (C=O) groups excluding carboxylic acids is 1. The number of hydrogen-bond acceptors (Lipinski definition) is 2. The van der Waals surface area contributed by atoms with E-state index in [2.05, 4.69) is 53.6 Å². The summed E-state index contributed by atoms with van der Waals surface area (Å²) in [6.45, 7) is 7.69. The maximum absolute atomic E-state index is 11.5. The number of piperidine rings is 1. The maximum atomic E-state index is 11.5. The molecule has 0 spiro atoms. The SMILES string of the molecule is CCNC(=NCc1cccc(C)c1)N1CCC(CC(=O)NC)CC1. The van der Waals surface area contributed by atoms with E-state index in [9.17, 15) is 4.79 Å². The fraction of sp³-hybridized carbons (Fsp3) is 0.579. The zero-order valence-electron chi connectivity index (χ0n) is 15.1. The molecule has 5 nitrogen and oxygen atoms in total. The third kappa shape index (κ3) is 5.55. The molecule has 1 heterocycles. The number of nitrogens with one attached hydrogen (secondary N) is 2. The summed E-state index contributed by atoms with van der Waals surface area (Å²) in [5.74, 6) is 1.62. The van der Waals surface area contributed by atoms with Crippen molar-refractivity contribution in [3.05, 3.63) is 35.4 Å². The predicted octanol–water partition coefficient (Wildman–Crippen LogP) is 2.31. The molecule has 0 radical (unpaired) electrons. The molecule has 1 aliphatic rings. The quantitative estimate of drug-likeness (QED) is 0.643. The number of rotatable bonds is 5. The van der Waals surface area contributed by atoms with Crippen molar-refractivity contribution in [2.75, 3.05) is 26.7 Å². The van der Waals surface area contributed by atoms with E-state index in [0.29, 0.717) is 18.9 Å². The molecule has 1 aliphatic heterocycles. The van der Waals surface area contributed by atoms with Crippen molar-refractivity contribution < 1.29 is 4.79 Å². The van der Waals surface area contributed by atoms with Crippen LogP contribution in [0.4, 0.5) is 0 Å². The van der Waals surface area contributed by atoms with Gasteiger partial charge in [-0.15, -0.1) is 0 Å². The number of guanidine groups is 1. The normalized spacial score (nSPS) is 16.1. The van der Waals surface area contributed by atoms with Gasteiger partial charge >= 0.3 is 0 Å². The Hall–Kier alpha value is -2.04. The van der Waals surface area contributed by atoms with E-state index in [1.54, 1.807) is 7.05 Å². The minimum absolute atomic E-state index is 0.147. The van der Waals surface area contributed by atoms with Gasteiger partial charge in [-0.3, -0.25) is 4.79 Å². The van der Waals surface area contributed by atoms with E-state index in [-0.39, 0.29) is 5.91 Å². The average molecular weight is 330 g/mol. The second-order valence-corrected chi connectivity index (χ2v) is 6.47. The molecule has 0 atom stereocenters. The van der Waals surface area contributed by atoms with Crippen LogP contribution in [-0.4, -0.2) is 43.4 Å². The highest BCUT2D eigenvalue weighted by atomic mass is 16.1. The lowest BCUT2D eigenvalue weighted by molar-refractivity contribution is -0.121. The minimum Gasteiger partial charge on any atom is -0.359 e. The molecule has 0 aromatic heterocycles. The van der Waals surface area contributed by atoms with Crippen LogP contribution in [0.1, 0.15) is 37.3 Å². The lowest BCUT2D eigenvalue weighted by atomic mass is 9.93. The van der Waals surface area contributed by atoms with Crippen LogP contribution >= 0.6 is 0 Å². The molecule has 0 aliphatic carbocycles. The summed E-state index contributed by atoms with van der Waals surface area (Å²) in [6, 6.07) is 8.49. The summed E-state index contributed by atoms with van der Waals surface area (Å²) in [5.41, 5.74) is 2.50. The van der Waals surface area contributed by atoms with Gasteiger partial charge in [0, 0.05) is 33.1 Å². The van der Waals surface area contributed by atoms with Gasteiger partial charge in [-0.1, -0.05) is 29.8 Å². The van der Waals surface area contributed by atoms with Gasteiger partial charge in [0.25, 0.3) is 0 Å². The molecule has 1 saturated heterocycles. The summed E-state index contributed by atoms with van der Waals surface area (Å²) in [7, 11) is 1.71. The molecule has 0 saturated carbocycles. The molecule has 132 valence electrons. The van der Waals surface area contributed by atoms with Crippen molar-refractivity contribution in [3.8, 4) is 0 Å². The number of aryl methyl sites for hydroxylation is 1. The van der Waals surface area contributed by atoms with Gasteiger partial charge in [0.15, 0.2) is 5.96 Å². The monoisotopic (exact) mass is 330 g/mol. The van der Waals surface area contributed by atoms with Crippen molar-refractivity contribution in [3.63, 3.8) is 0 Å². The molecular formula is C19H30N4O. The molecule has 2 N–H and O–H groups in total. The van der Waals surface area contributed by atoms with E-state index in [0.717, 1.165) is 38.4 Å². The van der Waals surface area contributed by atoms with Crippen molar-refractivity contribution in [2.24, 2.45) is 10.9 Å². The summed E-state index contributed by atoms with van der Waals surface area (Å²) in [6.07, 6.45) is 2.73. The molecule has 0 unspecified atom stereocenters. The van der Waals surface area contributed by atoms with Crippen LogP contribution in [-0.2, 0) is 11.3 Å². The highest BCUT2D eigenvalue weighted by Crippen LogP contribution is 2.20. The maximum Gasteiger partial charge on any atom is 0.220 e. The third-order valence-electron chi connectivity index (χ3n) is 4.50. The van der Waals surface area contributed by atoms with Gasteiger partial charge in [0.2, 0.25) is 5.91 Å². The van der Waals surface area contributed by atoms with Gasteiger partial charge in [-0.25, -0.2) is 4.99 Å². The fourth-order valence-corrected chi connectivity index (χ4v) is 3.12. The van der Waals surface area contributed by atoms with E-state index < -0.39 is 0 Å². The van der Waals surface area contributed by atoms with Crippen molar-refractivity contribution >= 4 is 11.9 Å². The molecular weight excluding hydrogens is 300 g/mol. The number of likely N-dealkylation sites (tertiary alicyclic amines) is 1. The highest BCUT2D eigenvalue weighted by molar-refractivity contribution is 5.80. The van der Waals surface area contributed by atoms with E-state index in [1.165, 1.54) is 11.1 Å². The number of benzene rings is 1. The molecule has 0 bridgehead atoms. The Morgan fingerprint density at radius 3 is 2.71 bits per heavy atom. The first kappa shape index (κ1) is 18.3. The molecule has 24 heavy (non-hydrogen) atoms. The molecule has 1 aromatic carbocycles. The second-order valence-electron chi connectivity index (χ2n) is 6.47. The van der Waals surface area contributed by atoms with E-state index in [4.69, 9.17) is 4.99 Å². The Labute approximate surface area is 145 Å². The molecule has 2 rings (SSSR count). The molecule has 1 aromatic rings. The Kier molecular flexibility index (Phi) is 7.09. The van der Waals surface area contributed by atoms with E-state index >= 15 is 0 Å². The number of aliphatic imine (C=N–C) groups is 1. The van der Waals surface area contributed by atoms with Crippen LogP contribution in [0.5, 0.6) is 0 Å². The first-order valence-electron chi connectivity index (χ1n) is 8.91. The summed E-state index contributed by atoms with van der Waals surface area (Å²) in [5, 5.41) is 6.12. The number of carbonyl (C=O) groups is 1. The standard InChI is InChI=1S/C19H30N4O/c1-4-21-19(22-14-17-7-5-6-15(2)12-17)23-10-8-16(9-11-23)13-18(24)20-3/h5-7,12,16H,4,8-11,13-14H2,1-3H3,(H,20,24)(H,21,22). The number of amides is 1. The zero-order valence-corrected chi connectivity index (χ0v) is 15.1. The molecule has 5 heteroatoms. The van der Waals surface area contributed by atoms with Crippen LogP contribution in [0.25, 0.3) is 0 Å². The third-order valence-corrected chi connectivity index (χ3v) is 4.50. The van der Waals surface area contributed by atoms with Gasteiger partial charge in [0.1, 0.15) is 0 Å². The topological polar surface area (TPSA) is 56.7 Å². The predicted molar refractivity (Wildman–Crippen MR) is 99.0 cm³/mol. The summed E-state index contributed by atoms with van der Waals surface area (Å²) < 4.78 is 0. The second kappa shape index (κ2) is 9.30. The van der Waals surface area contributed by atoms with Gasteiger partial charge in [0.05, 0.1) is 6.54 Å². The van der Waals surface area contributed by atoms with Crippen molar-refractivity contribution in [1.82, 2.24) is 15.5 Å². The van der Waals surface area contributed by atoms with Crippen LogP contribution in [0, 0.1) is 12.8 Å². The number of nitrogens with zero attached hydrogens (tertiary/aromatic N) is 2. The zero-order chi connectivity index (χ0) is 17.4. The fourth-order valence-electron chi connectivity index (χ4n) is 3.12. The minimum atomic E-state index is 0.147. The van der Waals surface area contributed by atoms with Crippen LogP contribution in [0.15, 0.2) is 29.3 Å². The van der Waals surface area contributed by atoms with E-state index in [1.807, 2.05) is 0 Å². The summed E-state index contributed by atoms with van der Waals surface area (Å²) in [4.78, 5) is 18.6.